The molecule has 0 amide bonds. The highest BCUT2D eigenvalue weighted by Crippen LogP contribution is 2.09. The van der Waals surface area contributed by atoms with Crippen LogP contribution in [0.5, 0.6) is 0 Å². The third-order valence-electron chi connectivity index (χ3n) is 2.02. The molecule has 0 aromatic carbocycles. The van der Waals surface area contributed by atoms with Crippen LogP contribution in [0.25, 0.3) is 0 Å². The lowest BCUT2D eigenvalue weighted by molar-refractivity contribution is 0.203. The highest BCUT2D eigenvalue weighted by molar-refractivity contribution is 14.0. The fourth-order valence-electron chi connectivity index (χ4n) is 1.18. The molecule has 1 aromatic heterocycles. The number of halogens is 2. The summed E-state index contributed by atoms with van der Waals surface area (Å²) in [4.78, 5) is 5.73. The SMILES string of the molecule is C=C(Br)CNC(=NCc1cccs1)NCCOC.I. The Bertz CT molecular complexity index is 384. The lowest BCUT2D eigenvalue weighted by atomic mass is 10.5. The smallest absolute Gasteiger partial charge is 0.191 e. The highest BCUT2D eigenvalue weighted by atomic mass is 127. The number of nitrogens with zero attached hydrogens (tertiary/aromatic N) is 1. The second kappa shape index (κ2) is 11.7. The van der Waals surface area contributed by atoms with Gasteiger partial charge in [-0.2, -0.15) is 0 Å². The molecule has 4 nitrogen and oxygen atoms in total. The molecule has 1 rings (SSSR count). The van der Waals surface area contributed by atoms with Crippen molar-refractivity contribution in [1.29, 1.82) is 0 Å². The van der Waals surface area contributed by atoms with Gasteiger partial charge in [0.05, 0.1) is 13.2 Å². The van der Waals surface area contributed by atoms with Crippen molar-refractivity contribution in [2.24, 2.45) is 4.99 Å². The van der Waals surface area contributed by atoms with Crippen LogP contribution in [0.2, 0.25) is 0 Å². The normalized spacial score (nSPS) is 10.7. The molecule has 0 atom stereocenters. The van der Waals surface area contributed by atoms with Gasteiger partial charge in [-0.1, -0.05) is 28.6 Å². The largest absolute Gasteiger partial charge is 0.383 e. The van der Waals surface area contributed by atoms with E-state index in [1.165, 1.54) is 4.88 Å². The maximum atomic E-state index is 5.00. The third kappa shape index (κ3) is 9.42. The van der Waals surface area contributed by atoms with E-state index >= 15 is 0 Å². The number of ether oxygens (including phenoxy) is 1. The van der Waals surface area contributed by atoms with Crippen LogP contribution in [0.3, 0.4) is 0 Å². The molecule has 0 aliphatic rings. The monoisotopic (exact) mass is 459 g/mol. The Morgan fingerprint density at radius 1 is 1.53 bits per heavy atom. The first-order chi connectivity index (χ1) is 8.72. The molecule has 19 heavy (non-hydrogen) atoms. The van der Waals surface area contributed by atoms with Gasteiger partial charge in [-0.25, -0.2) is 4.99 Å². The lowest BCUT2D eigenvalue weighted by Crippen LogP contribution is -2.39. The zero-order chi connectivity index (χ0) is 13.2. The number of guanidine groups is 1. The summed E-state index contributed by atoms with van der Waals surface area (Å²) in [6.45, 7) is 6.47. The Labute approximate surface area is 143 Å². The average molecular weight is 460 g/mol. The predicted octanol–water partition coefficient (Wildman–Crippen LogP) is 2.96. The molecule has 0 saturated heterocycles. The number of thiophene rings is 1. The van der Waals surface area contributed by atoms with E-state index in [4.69, 9.17) is 4.74 Å². The Balaban J connectivity index is 0.00000324. The van der Waals surface area contributed by atoms with E-state index in [0.717, 1.165) is 17.0 Å². The van der Waals surface area contributed by atoms with Gasteiger partial charge in [-0.05, 0) is 11.4 Å². The summed E-state index contributed by atoms with van der Waals surface area (Å²) in [5, 5.41) is 8.43. The fraction of sp³-hybridized carbons (Fsp3) is 0.417. The van der Waals surface area contributed by atoms with Crippen molar-refractivity contribution < 1.29 is 4.74 Å². The van der Waals surface area contributed by atoms with E-state index in [2.05, 4.69) is 49.6 Å². The molecule has 0 aliphatic heterocycles. The quantitative estimate of drug-likeness (QED) is 0.285. The van der Waals surface area contributed by atoms with E-state index in [-0.39, 0.29) is 24.0 Å². The van der Waals surface area contributed by atoms with Crippen molar-refractivity contribution >= 4 is 57.2 Å². The summed E-state index contributed by atoms with van der Waals surface area (Å²) in [6.07, 6.45) is 0. The number of nitrogens with one attached hydrogen (secondary N) is 2. The van der Waals surface area contributed by atoms with E-state index in [1.807, 2.05) is 6.07 Å². The fourth-order valence-corrected chi connectivity index (χ4v) is 1.95. The topological polar surface area (TPSA) is 45.7 Å². The third-order valence-corrected chi connectivity index (χ3v) is 3.16. The number of hydrogen-bond acceptors (Lipinski definition) is 3. The molecule has 0 radical (unpaired) electrons. The second-order valence-corrected chi connectivity index (χ2v) is 5.69. The maximum absolute atomic E-state index is 5.00. The number of methoxy groups -OCH3 is 1. The zero-order valence-corrected chi connectivity index (χ0v) is 15.6. The molecular weight excluding hydrogens is 441 g/mol. The molecule has 108 valence electrons. The number of aliphatic imine (C=N–C) groups is 1. The van der Waals surface area contributed by atoms with Crippen LogP contribution in [-0.4, -0.2) is 32.8 Å². The van der Waals surface area contributed by atoms with Gasteiger partial charge in [0.15, 0.2) is 5.96 Å². The molecule has 0 spiro atoms. The Hall–Kier alpha value is -0.120. The van der Waals surface area contributed by atoms with E-state index in [0.29, 0.717) is 19.7 Å². The first-order valence-electron chi connectivity index (χ1n) is 5.59. The van der Waals surface area contributed by atoms with Crippen LogP contribution < -0.4 is 10.6 Å². The van der Waals surface area contributed by atoms with E-state index in [9.17, 15) is 0 Å². The molecular formula is C12H19BrIN3OS. The summed E-state index contributed by atoms with van der Waals surface area (Å²) in [5.41, 5.74) is 0. The summed E-state index contributed by atoms with van der Waals surface area (Å²) in [5.74, 6) is 0.765. The average Bonchev–Trinajstić information content (AvgIpc) is 2.85. The predicted molar refractivity (Wildman–Crippen MR) is 96.8 cm³/mol. The molecule has 0 saturated carbocycles. The molecule has 1 aromatic rings. The van der Waals surface area contributed by atoms with Crippen LogP contribution in [0, 0.1) is 0 Å². The van der Waals surface area contributed by atoms with Crippen LogP contribution in [0.15, 0.2) is 33.6 Å². The highest BCUT2D eigenvalue weighted by Gasteiger charge is 1.99. The first-order valence-corrected chi connectivity index (χ1v) is 7.26. The van der Waals surface area contributed by atoms with Crippen LogP contribution >= 0.6 is 51.2 Å². The standard InChI is InChI=1S/C12H18BrN3OS.HI/c1-10(13)8-15-12(14-5-6-17-2)16-9-11-4-3-7-18-11;/h3-4,7H,1,5-6,8-9H2,2H3,(H2,14,15,16);1H. The number of hydrogen-bond donors (Lipinski definition) is 2. The van der Waals surface area contributed by atoms with Gasteiger partial charge in [0.2, 0.25) is 0 Å². The summed E-state index contributed by atoms with van der Waals surface area (Å²) in [7, 11) is 1.68. The molecule has 2 N–H and O–H groups in total. The van der Waals surface area contributed by atoms with Crippen LogP contribution in [-0.2, 0) is 11.3 Å². The van der Waals surface area contributed by atoms with Gasteiger partial charge in [-0.15, -0.1) is 35.3 Å². The summed E-state index contributed by atoms with van der Waals surface area (Å²) in [6, 6.07) is 4.10. The Morgan fingerprint density at radius 3 is 2.89 bits per heavy atom. The zero-order valence-electron chi connectivity index (χ0n) is 10.8. The van der Waals surface area contributed by atoms with Crippen molar-refractivity contribution in [1.82, 2.24) is 10.6 Å². The minimum atomic E-state index is 0. The van der Waals surface area contributed by atoms with Crippen molar-refractivity contribution in [3.8, 4) is 0 Å². The summed E-state index contributed by atoms with van der Waals surface area (Å²) >= 11 is 5.02. The van der Waals surface area contributed by atoms with Crippen molar-refractivity contribution in [3.63, 3.8) is 0 Å². The minimum Gasteiger partial charge on any atom is -0.383 e. The van der Waals surface area contributed by atoms with Gasteiger partial charge in [-0.3, -0.25) is 0 Å². The Kier molecular flexibility index (Phi) is 11.6. The molecule has 7 heteroatoms. The van der Waals surface area contributed by atoms with Gasteiger partial charge < -0.3 is 15.4 Å². The molecule has 0 bridgehead atoms. The van der Waals surface area contributed by atoms with Crippen LogP contribution in [0.1, 0.15) is 4.88 Å². The molecule has 0 aliphatic carbocycles. The lowest BCUT2D eigenvalue weighted by Gasteiger charge is -2.11. The molecule has 0 unspecified atom stereocenters. The second-order valence-electron chi connectivity index (χ2n) is 3.53. The van der Waals surface area contributed by atoms with E-state index in [1.54, 1.807) is 18.4 Å². The molecule has 1 heterocycles. The first kappa shape index (κ1) is 18.9. The maximum Gasteiger partial charge on any atom is 0.191 e. The minimum absolute atomic E-state index is 0. The van der Waals surface area contributed by atoms with Crippen molar-refractivity contribution in [2.75, 3.05) is 26.8 Å². The van der Waals surface area contributed by atoms with Crippen molar-refractivity contribution in [2.45, 2.75) is 6.54 Å². The van der Waals surface area contributed by atoms with Gasteiger partial charge in [0, 0.05) is 29.6 Å². The summed E-state index contributed by atoms with van der Waals surface area (Å²) < 4.78 is 5.89. The van der Waals surface area contributed by atoms with Gasteiger partial charge in [0.25, 0.3) is 0 Å². The van der Waals surface area contributed by atoms with Gasteiger partial charge in [0.1, 0.15) is 0 Å². The van der Waals surface area contributed by atoms with E-state index < -0.39 is 0 Å². The van der Waals surface area contributed by atoms with Crippen LogP contribution in [0.4, 0.5) is 0 Å². The van der Waals surface area contributed by atoms with Gasteiger partial charge >= 0.3 is 0 Å². The van der Waals surface area contributed by atoms with Crippen molar-refractivity contribution in [3.05, 3.63) is 33.5 Å². The Morgan fingerprint density at radius 2 is 2.32 bits per heavy atom. The number of rotatable bonds is 7. The molecule has 0 fully saturated rings.